The summed E-state index contributed by atoms with van der Waals surface area (Å²) in [6.07, 6.45) is 0. The molecule has 0 saturated carbocycles. The van der Waals surface area contributed by atoms with Gasteiger partial charge in [-0.05, 0) is 26.7 Å². The topological polar surface area (TPSA) is 82.5 Å². The Morgan fingerprint density at radius 3 is 2.57 bits per heavy atom. The molecule has 1 aromatic heterocycles. The fourth-order valence-corrected chi connectivity index (χ4v) is 3.67. The first-order valence-electron chi connectivity index (χ1n) is 7.01. The Bertz CT molecular complexity index is 558. The zero-order chi connectivity index (χ0) is 15.7. The SMILES string of the molecule is Cc1nc(C)c(C(C)NC(=O)N2C[C@@H](C)[C@H](C(=O)O)C2)s1. The first-order valence-corrected chi connectivity index (χ1v) is 7.83. The molecule has 7 heteroatoms. The molecule has 1 aliphatic rings. The molecule has 0 bridgehead atoms. The molecule has 0 spiro atoms. The quantitative estimate of drug-likeness (QED) is 0.896. The first-order chi connectivity index (χ1) is 9.79. The highest BCUT2D eigenvalue weighted by molar-refractivity contribution is 7.11. The molecular formula is C14H21N3O3S. The van der Waals surface area contributed by atoms with E-state index in [0.29, 0.717) is 6.54 Å². The van der Waals surface area contributed by atoms with E-state index in [1.54, 1.807) is 16.2 Å². The van der Waals surface area contributed by atoms with Gasteiger partial charge in [0.15, 0.2) is 0 Å². The number of aromatic nitrogens is 1. The van der Waals surface area contributed by atoms with E-state index in [9.17, 15) is 9.59 Å². The smallest absolute Gasteiger partial charge is 0.317 e. The Hall–Kier alpha value is -1.63. The van der Waals surface area contributed by atoms with Gasteiger partial charge >= 0.3 is 12.0 Å². The van der Waals surface area contributed by atoms with E-state index in [0.717, 1.165) is 15.6 Å². The Balaban J connectivity index is 1.99. The number of likely N-dealkylation sites (tertiary alicyclic amines) is 1. The minimum absolute atomic E-state index is 0.0176. The summed E-state index contributed by atoms with van der Waals surface area (Å²) >= 11 is 1.57. The molecule has 1 aromatic rings. The predicted molar refractivity (Wildman–Crippen MR) is 80.4 cm³/mol. The maximum atomic E-state index is 12.3. The van der Waals surface area contributed by atoms with Gasteiger partial charge in [-0.3, -0.25) is 4.79 Å². The fraction of sp³-hybridized carbons (Fsp3) is 0.643. The van der Waals surface area contributed by atoms with Gasteiger partial charge in [-0.25, -0.2) is 9.78 Å². The van der Waals surface area contributed by atoms with Crippen LogP contribution >= 0.6 is 11.3 Å². The standard InChI is InChI=1S/C14H21N3O3S/c1-7-5-17(6-11(7)13(18)19)14(20)16-9(3)12-8(2)15-10(4)21-12/h7,9,11H,5-6H2,1-4H3,(H,16,20)(H,18,19)/t7-,9?,11-/m1/s1. The second-order valence-electron chi connectivity index (χ2n) is 5.68. The number of hydrogen-bond donors (Lipinski definition) is 2. The molecule has 21 heavy (non-hydrogen) atoms. The minimum Gasteiger partial charge on any atom is -0.481 e. The third-order valence-corrected chi connectivity index (χ3v) is 5.14. The lowest BCUT2D eigenvalue weighted by Crippen LogP contribution is -2.40. The summed E-state index contributed by atoms with van der Waals surface area (Å²) in [5, 5.41) is 13.0. The Kier molecular flexibility index (Phi) is 4.51. The average molecular weight is 311 g/mol. The summed E-state index contributed by atoms with van der Waals surface area (Å²) in [4.78, 5) is 30.4. The number of aliphatic carboxylic acids is 1. The van der Waals surface area contributed by atoms with Crippen LogP contribution in [0.5, 0.6) is 0 Å². The zero-order valence-corrected chi connectivity index (χ0v) is 13.5. The van der Waals surface area contributed by atoms with E-state index >= 15 is 0 Å². The third-order valence-electron chi connectivity index (χ3n) is 3.89. The molecule has 0 aromatic carbocycles. The van der Waals surface area contributed by atoms with Crippen LogP contribution in [0.1, 0.15) is 35.5 Å². The fourth-order valence-electron chi connectivity index (χ4n) is 2.74. The van der Waals surface area contributed by atoms with Gasteiger partial charge in [0.05, 0.1) is 22.7 Å². The van der Waals surface area contributed by atoms with Crippen LogP contribution in [-0.2, 0) is 4.79 Å². The van der Waals surface area contributed by atoms with Crippen molar-refractivity contribution in [2.24, 2.45) is 11.8 Å². The number of carboxylic acids is 1. The second kappa shape index (κ2) is 6.01. The number of carbonyl (C=O) groups excluding carboxylic acids is 1. The van der Waals surface area contributed by atoms with Crippen molar-refractivity contribution in [3.63, 3.8) is 0 Å². The van der Waals surface area contributed by atoms with Crippen LogP contribution in [0.4, 0.5) is 4.79 Å². The van der Waals surface area contributed by atoms with Crippen LogP contribution in [0.25, 0.3) is 0 Å². The van der Waals surface area contributed by atoms with Crippen molar-refractivity contribution >= 4 is 23.3 Å². The van der Waals surface area contributed by atoms with Gasteiger partial charge in [0, 0.05) is 18.0 Å². The molecule has 1 saturated heterocycles. The molecule has 1 aliphatic heterocycles. The highest BCUT2D eigenvalue weighted by Gasteiger charge is 2.37. The Morgan fingerprint density at radius 1 is 1.43 bits per heavy atom. The van der Waals surface area contributed by atoms with Crippen molar-refractivity contribution in [1.82, 2.24) is 15.2 Å². The van der Waals surface area contributed by atoms with Crippen LogP contribution in [0, 0.1) is 25.7 Å². The number of aryl methyl sites for hydroxylation is 2. The van der Waals surface area contributed by atoms with Gasteiger partial charge in [0.1, 0.15) is 0 Å². The van der Waals surface area contributed by atoms with Crippen LogP contribution < -0.4 is 5.32 Å². The van der Waals surface area contributed by atoms with Crippen molar-refractivity contribution in [1.29, 1.82) is 0 Å². The molecule has 6 nitrogen and oxygen atoms in total. The Morgan fingerprint density at radius 2 is 2.10 bits per heavy atom. The van der Waals surface area contributed by atoms with E-state index in [1.165, 1.54) is 0 Å². The van der Waals surface area contributed by atoms with Crippen molar-refractivity contribution in [3.05, 3.63) is 15.6 Å². The lowest BCUT2D eigenvalue weighted by molar-refractivity contribution is -0.142. The average Bonchev–Trinajstić information content (AvgIpc) is 2.92. The molecule has 0 radical (unpaired) electrons. The molecule has 2 rings (SSSR count). The van der Waals surface area contributed by atoms with E-state index in [-0.39, 0.29) is 24.5 Å². The van der Waals surface area contributed by atoms with Gasteiger partial charge in [0.25, 0.3) is 0 Å². The predicted octanol–water partition coefficient (Wildman–Crippen LogP) is 2.18. The van der Waals surface area contributed by atoms with Crippen LogP contribution in [0.3, 0.4) is 0 Å². The number of hydrogen-bond acceptors (Lipinski definition) is 4. The molecule has 2 heterocycles. The maximum absolute atomic E-state index is 12.3. The molecule has 1 unspecified atom stereocenters. The summed E-state index contributed by atoms with van der Waals surface area (Å²) in [6, 6.07) is -0.327. The van der Waals surface area contributed by atoms with Gasteiger partial charge in [0.2, 0.25) is 0 Å². The number of nitrogens with one attached hydrogen (secondary N) is 1. The van der Waals surface area contributed by atoms with Gasteiger partial charge in [-0.2, -0.15) is 0 Å². The summed E-state index contributed by atoms with van der Waals surface area (Å²) < 4.78 is 0. The number of nitrogens with zero attached hydrogens (tertiary/aromatic N) is 2. The number of carboxylic acid groups (broad SMARTS) is 1. The lowest BCUT2D eigenvalue weighted by atomic mass is 9.99. The molecular weight excluding hydrogens is 290 g/mol. The van der Waals surface area contributed by atoms with Gasteiger partial charge in [-0.1, -0.05) is 6.92 Å². The summed E-state index contributed by atoms with van der Waals surface area (Å²) in [5.74, 6) is -1.32. The second-order valence-corrected chi connectivity index (χ2v) is 6.92. The molecule has 116 valence electrons. The number of thiazole rings is 1. The van der Waals surface area contributed by atoms with Crippen LogP contribution in [-0.4, -0.2) is 40.1 Å². The van der Waals surface area contributed by atoms with Crippen LogP contribution in [0.15, 0.2) is 0 Å². The van der Waals surface area contributed by atoms with E-state index in [1.807, 2.05) is 27.7 Å². The molecule has 1 fully saturated rings. The normalized spacial score (nSPS) is 23.1. The van der Waals surface area contributed by atoms with Crippen molar-refractivity contribution < 1.29 is 14.7 Å². The number of amides is 2. The minimum atomic E-state index is -0.834. The maximum Gasteiger partial charge on any atom is 0.317 e. The van der Waals surface area contributed by atoms with Crippen molar-refractivity contribution in [2.45, 2.75) is 33.7 Å². The summed E-state index contributed by atoms with van der Waals surface area (Å²) in [6.45, 7) is 8.42. The number of rotatable bonds is 3. The van der Waals surface area contributed by atoms with Gasteiger partial charge in [-0.15, -0.1) is 11.3 Å². The van der Waals surface area contributed by atoms with Crippen molar-refractivity contribution in [3.8, 4) is 0 Å². The zero-order valence-electron chi connectivity index (χ0n) is 12.7. The Labute approximate surface area is 128 Å². The highest BCUT2D eigenvalue weighted by atomic mass is 32.1. The van der Waals surface area contributed by atoms with E-state index in [4.69, 9.17) is 5.11 Å². The first kappa shape index (κ1) is 15.8. The molecule has 2 N–H and O–H groups in total. The molecule has 0 aliphatic carbocycles. The number of carbonyl (C=O) groups is 2. The van der Waals surface area contributed by atoms with Crippen molar-refractivity contribution in [2.75, 3.05) is 13.1 Å². The summed E-state index contributed by atoms with van der Waals surface area (Å²) in [5.41, 5.74) is 0.934. The molecule has 2 amide bonds. The number of urea groups is 1. The summed E-state index contributed by atoms with van der Waals surface area (Å²) in [7, 11) is 0. The molecule has 3 atom stereocenters. The van der Waals surface area contributed by atoms with Gasteiger partial charge < -0.3 is 15.3 Å². The lowest BCUT2D eigenvalue weighted by Gasteiger charge is -2.20. The van der Waals surface area contributed by atoms with Crippen LogP contribution in [0.2, 0.25) is 0 Å². The van der Waals surface area contributed by atoms with E-state index in [2.05, 4.69) is 10.3 Å². The largest absolute Gasteiger partial charge is 0.481 e. The van der Waals surface area contributed by atoms with E-state index < -0.39 is 11.9 Å². The highest BCUT2D eigenvalue weighted by Crippen LogP contribution is 2.26. The third kappa shape index (κ3) is 3.34. The monoisotopic (exact) mass is 311 g/mol.